The lowest BCUT2D eigenvalue weighted by atomic mass is 9.80. The Morgan fingerprint density at radius 3 is 2.60 bits per heavy atom. The topological polar surface area (TPSA) is 29.3 Å². The van der Waals surface area contributed by atoms with E-state index in [-0.39, 0.29) is 0 Å². The lowest BCUT2D eigenvalue weighted by Crippen LogP contribution is -2.42. The Bertz CT molecular complexity index is 329. The molecule has 0 heterocycles. The SMILES string of the molecule is Cc1ccccc1N(C)CC1CC(N)C1. The van der Waals surface area contributed by atoms with Crippen molar-refractivity contribution in [2.24, 2.45) is 11.7 Å². The van der Waals surface area contributed by atoms with Crippen LogP contribution in [0.15, 0.2) is 24.3 Å². The third kappa shape index (κ3) is 2.32. The summed E-state index contributed by atoms with van der Waals surface area (Å²) < 4.78 is 0. The van der Waals surface area contributed by atoms with Crippen molar-refractivity contribution in [2.45, 2.75) is 25.8 Å². The maximum absolute atomic E-state index is 5.79. The zero-order chi connectivity index (χ0) is 10.8. The van der Waals surface area contributed by atoms with E-state index in [1.165, 1.54) is 24.1 Å². The van der Waals surface area contributed by atoms with Gasteiger partial charge in [0.15, 0.2) is 0 Å². The molecule has 2 heteroatoms. The average molecular weight is 204 g/mol. The van der Waals surface area contributed by atoms with E-state index in [1.54, 1.807) is 0 Å². The molecule has 2 N–H and O–H groups in total. The van der Waals surface area contributed by atoms with Crippen molar-refractivity contribution < 1.29 is 0 Å². The molecule has 0 bridgehead atoms. The molecular formula is C13H20N2. The van der Waals surface area contributed by atoms with Gasteiger partial charge in [-0.3, -0.25) is 0 Å². The van der Waals surface area contributed by atoms with E-state index >= 15 is 0 Å². The van der Waals surface area contributed by atoms with Crippen molar-refractivity contribution >= 4 is 5.69 Å². The lowest BCUT2D eigenvalue weighted by molar-refractivity contribution is 0.271. The third-order valence-corrected chi connectivity index (χ3v) is 3.33. The van der Waals surface area contributed by atoms with Gasteiger partial charge in [0.2, 0.25) is 0 Å². The summed E-state index contributed by atoms with van der Waals surface area (Å²) in [6.45, 7) is 3.30. The minimum absolute atomic E-state index is 0.459. The molecule has 0 saturated heterocycles. The van der Waals surface area contributed by atoms with E-state index in [0.717, 1.165) is 12.5 Å². The van der Waals surface area contributed by atoms with Gasteiger partial charge in [0, 0.05) is 25.3 Å². The van der Waals surface area contributed by atoms with Gasteiger partial charge in [-0.25, -0.2) is 0 Å². The van der Waals surface area contributed by atoms with Crippen LogP contribution in [0.5, 0.6) is 0 Å². The lowest BCUT2D eigenvalue weighted by Gasteiger charge is -2.36. The number of benzene rings is 1. The molecule has 2 nitrogen and oxygen atoms in total. The minimum atomic E-state index is 0.459. The molecule has 0 amide bonds. The summed E-state index contributed by atoms with van der Waals surface area (Å²) in [5.41, 5.74) is 8.49. The molecule has 0 aliphatic heterocycles. The maximum Gasteiger partial charge on any atom is 0.0393 e. The second-order valence-electron chi connectivity index (χ2n) is 4.76. The molecule has 15 heavy (non-hydrogen) atoms. The molecule has 1 aromatic carbocycles. The van der Waals surface area contributed by atoms with Crippen LogP contribution >= 0.6 is 0 Å². The standard InChI is InChI=1S/C13H20N2/c1-10-5-3-4-6-13(10)15(2)9-11-7-12(14)8-11/h3-6,11-12H,7-9,14H2,1-2H3. The van der Waals surface area contributed by atoms with Gasteiger partial charge in [-0.1, -0.05) is 18.2 Å². The predicted molar refractivity (Wildman–Crippen MR) is 65.1 cm³/mol. The fourth-order valence-corrected chi connectivity index (χ4v) is 2.41. The number of nitrogens with zero attached hydrogens (tertiary/aromatic N) is 1. The van der Waals surface area contributed by atoms with Crippen molar-refractivity contribution in [3.63, 3.8) is 0 Å². The van der Waals surface area contributed by atoms with Gasteiger partial charge in [0.05, 0.1) is 0 Å². The van der Waals surface area contributed by atoms with Gasteiger partial charge < -0.3 is 10.6 Å². The second-order valence-corrected chi connectivity index (χ2v) is 4.76. The highest BCUT2D eigenvalue weighted by Gasteiger charge is 2.26. The molecule has 82 valence electrons. The third-order valence-electron chi connectivity index (χ3n) is 3.33. The van der Waals surface area contributed by atoms with Crippen LogP contribution in [-0.2, 0) is 0 Å². The Hall–Kier alpha value is -1.02. The Labute approximate surface area is 92.1 Å². The Balaban J connectivity index is 1.96. The average Bonchev–Trinajstić information content (AvgIpc) is 2.16. The first kappa shape index (κ1) is 10.5. The van der Waals surface area contributed by atoms with Crippen LogP contribution in [0, 0.1) is 12.8 Å². The molecule has 0 atom stereocenters. The van der Waals surface area contributed by atoms with Crippen molar-refractivity contribution in [1.82, 2.24) is 0 Å². The molecule has 0 aromatic heterocycles. The van der Waals surface area contributed by atoms with Gasteiger partial charge in [-0.15, -0.1) is 0 Å². The molecule has 1 saturated carbocycles. The van der Waals surface area contributed by atoms with Crippen LogP contribution in [-0.4, -0.2) is 19.6 Å². The van der Waals surface area contributed by atoms with Crippen LogP contribution in [0.1, 0.15) is 18.4 Å². The van der Waals surface area contributed by atoms with Crippen LogP contribution < -0.4 is 10.6 Å². The normalized spacial score (nSPS) is 24.7. The maximum atomic E-state index is 5.79. The zero-order valence-corrected chi connectivity index (χ0v) is 9.61. The van der Waals surface area contributed by atoms with Crippen LogP contribution in [0.3, 0.4) is 0 Å². The first-order chi connectivity index (χ1) is 7.16. The molecule has 0 radical (unpaired) electrons. The molecule has 1 aliphatic carbocycles. The Morgan fingerprint density at radius 2 is 2.00 bits per heavy atom. The number of nitrogens with two attached hydrogens (primary N) is 1. The number of anilines is 1. The second kappa shape index (κ2) is 4.23. The zero-order valence-electron chi connectivity index (χ0n) is 9.61. The Kier molecular flexibility index (Phi) is 2.96. The van der Waals surface area contributed by atoms with E-state index < -0.39 is 0 Å². The summed E-state index contributed by atoms with van der Waals surface area (Å²) in [7, 11) is 2.17. The number of hydrogen-bond acceptors (Lipinski definition) is 2. The number of hydrogen-bond donors (Lipinski definition) is 1. The summed E-state index contributed by atoms with van der Waals surface area (Å²) in [5.74, 6) is 0.796. The van der Waals surface area contributed by atoms with E-state index in [0.29, 0.717) is 6.04 Å². The van der Waals surface area contributed by atoms with E-state index in [1.807, 2.05) is 0 Å². The quantitative estimate of drug-likeness (QED) is 0.817. The molecular weight excluding hydrogens is 184 g/mol. The smallest absolute Gasteiger partial charge is 0.0393 e. The summed E-state index contributed by atoms with van der Waals surface area (Å²) in [4.78, 5) is 2.35. The number of rotatable bonds is 3. The molecule has 1 fully saturated rings. The summed E-state index contributed by atoms with van der Waals surface area (Å²) >= 11 is 0. The fraction of sp³-hybridized carbons (Fsp3) is 0.538. The highest BCUT2D eigenvalue weighted by Crippen LogP contribution is 2.28. The summed E-state index contributed by atoms with van der Waals surface area (Å²) in [6, 6.07) is 9.00. The largest absolute Gasteiger partial charge is 0.374 e. The van der Waals surface area contributed by atoms with Crippen LogP contribution in [0.2, 0.25) is 0 Å². The van der Waals surface area contributed by atoms with Gasteiger partial charge in [-0.05, 0) is 37.3 Å². The first-order valence-corrected chi connectivity index (χ1v) is 5.69. The van der Waals surface area contributed by atoms with Crippen molar-refractivity contribution in [1.29, 1.82) is 0 Å². The molecule has 1 aliphatic rings. The van der Waals surface area contributed by atoms with E-state index in [4.69, 9.17) is 5.73 Å². The molecule has 1 aromatic rings. The first-order valence-electron chi connectivity index (χ1n) is 5.69. The predicted octanol–water partition coefficient (Wildman–Crippen LogP) is 2.17. The number of aryl methyl sites for hydroxylation is 1. The van der Waals surface area contributed by atoms with Crippen molar-refractivity contribution in [2.75, 3.05) is 18.5 Å². The van der Waals surface area contributed by atoms with Crippen LogP contribution in [0.25, 0.3) is 0 Å². The van der Waals surface area contributed by atoms with Gasteiger partial charge in [-0.2, -0.15) is 0 Å². The van der Waals surface area contributed by atoms with Crippen molar-refractivity contribution in [3.8, 4) is 0 Å². The van der Waals surface area contributed by atoms with Crippen molar-refractivity contribution in [3.05, 3.63) is 29.8 Å². The van der Waals surface area contributed by atoms with E-state index in [9.17, 15) is 0 Å². The van der Waals surface area contributed by atoms with E-state index in [2.05, 4.69) is 43.1 Å². The summed E-state index contributed by atoms with van der Waals surface area (Å²) in [6.07, 6.45) is 2.38. The molecule has 0 spiro atoms. The van der Waals surface area contributed by atoms with Gasteiger partial charge in [0.25, 0.3) is 0 Å². The highest BCUT2D eigenvalue weighted by molar-refractivity contribution is 5.52. The summed E-state index contributed by atoms with van der Waals surface area (Å²) in [5, 5.41) is 0. The minimum Gasteiger partial charge on any atom is -0.374 e. The number of para-hydroxylation sites is 1. The van der Waals surface area contributed by atoms with Gasteiger partial charge in [0.1, 0.15) is 0 Å². The Morgan fingerprint density at radius 1 is 1.33 bits per heavy atom. The van der Waals surface area contributed by atoms with Gasteiger partial charge >= 0.3 is 0 Å². The molecule has 2 rings (SSSR count). The van der Waals surface area contributed by atoms with Crippen LogP contribution in [0.4, 0.5) is 5.69 Å². The fourth-order valence-electron chi connectivity index (χ4n) is 2.41. The molecule has 0 unspecified atom stereocenters. The monoisotopic (exact) mass is 204 g/mol. The highest BCUT2D eigenvalue weighted by atomic mass is 15.1.